The van der Waals surface area contributed by atoms with E-state index >= 15 is 0 Å². The molecule has 124 valence electrons. The summed E-state index contributed by atoms with van der Waals surface area (Å²) in [5, 5.41) is 9.15. The van der Waals surface area contributed by atoms with E-state index in [0.29, 0.717) is 6.61 Å². The average molecular weight is 407 g/mol. The molecule has 1 atom stereocenters. The van der Waals surface area contributed by atoms with Gasteiger partial charge in [-0.3, -0.25) is 0 Å². The van der Waals surface area contributed by atoms with Gasteiger partial charge in [-0.15, -0.1) is 0 Å². The number of ether oxygens (including phenoxy) is 1. The molecule has 1 unspecified atom stereocenters. The summed E-state index contributed by atoms with van der Waals surface area (Å²) in [4.78, 5) is 0.186. The van der Waals surface area contributed by atoms with E-state index < -0.39 is 16.1 Å². The average Bonchev–Trinajstić information content (AvgIpc) is 2.62. The molecule has 0 N–H and O–H groups in total. The Morgan fingerprint density at radius 3 is 2.25 bits per heavy atom. The first-order valence-corrected chi connectivity index (χ1v) is 9.61. The number of halogens is 1. The third-order valence-corrected chi connectivity index (χ3v) is 6.32. The van der Waals surface area contributed by atoms with Crippen molar-refractivity contribution in [1.82, 2.24) is 4.31 Å². The Kier molecular flexibility index (Phi) is 5.01. The van der Waals surface area contributed by atoms with Gasteiger partial charge >= 0.3 is 0 Å². The van der Waals surface area contributed by atoms with E-state index in [1.54, 1.807) is 24.3 Å². The molecule has 5 nitrogen and oxygen atoms in total. The summed E-state index contributed by atoms with van der Waals surface area (Å²) in [6.07, 6.45) is 0. The van der Waals surface area contributed by atoms with Crippen molar-refractivity contribution in [2.24, 2.45) is 0 Å². The number of nitriles is 1. The molecule has 0 amide bonds. The molecule has 0 saturated carbocycles. The van der Waals surface area contributed by atoms with E-state index in [1.165, 1.54) is 4.31 Å². The number of hydrogen-bond donors (Lipinski definition) is 0. The second kappa shape index (κ2) is 7.03. The molecule has 0 bridgehead atoms. The highest BCUT2D eigenvalue weighted by Gasteiger charge is 2.34. The van der Waals surface area contributed by atoms with Crippen LogP contribution in [0.1, 0.15) is 0 Å². The molecule has 2 aromatic carbocycles. The van der Waals surface area contributed by atoms with Crippen molar-refractivity contribution in [3.8, 4) is 17.2 Å². The van der Waals surface area contributed by atoms with Gasteiger partial charge in [0.25, 0.3) is 0 Å². The maximum atomic E-state index is 12.8. The lowest BCUT2D eigenvalue weighted by atomic mass is 10.1. The summed E-state index contributed by atoms with van der Waals surface area (Å²) in [5.41, 5.74) is 1.93. The highest BCUT2D eigenvalue weighted by Crippen LogP contribution is 2.25. The van der Waals surface area contributed by atoms with Crippen LogP contribution in [-0.4, -0.2) is 38.5 Å². The summed E-state index contributed by atoms with van der Waals surface area (Å²) in [5.74, 6) is 0. The Morgan fingerprint density at radius 2 is 1.67 bits per heavy atom. The van der Waals surface area contributed by atoms with Crippen LogP contribution in [0.4, 0.5) is 0 Å². The zero-order chi connectivity index (χ0) is 17.2. The Balaban J connectivity index is 1.89. The predicted molar refractivity (Wildman–Crippen MR) is 93.7 cm³/mol. The molecule has 1 fully saturated rings. The van der Waals surface area contributed by atoms with E-state index in [-0.39, 0.29) is 18.0 Å². The van der Waals surface area contributed by atoms with Gasteiger partial charge in [0, 0.05) is 11.0 Å². The van der Waals surface area contributed by atoms with E-state index in [4.69, 9.17) is 10.00 Å². The molecule has 0 spiro atoms. The third kappa shape index (κ3) is 3.37. The van der Waals surface area contributed by atoms with Crippen molar-refractivity contribution < 1.29 is 13.2 Å². The van der Waals surface area contributed by atoms with Gasteiger partial charge in [0.05, 0.1) is 24.2 Å². The minimum Gasteiger partial charge on any atom is -0.377 e. The van der Waals surface area contributed by atoms with Crippen molar-refractivity contribution >= 4 is 26.0 Å². The molecular formula is C17H15BrN2O3S. The molecule has 1 aliphatic rings. The highest BCUT2D eigenvalue weighted by molar-refractivity contribution is 9.10. The summed E-state index contributed by atoms with van der Waals surface area (Å²) in [6.45, 7) is 0.593. The Hall–Kier alpha value is -1.72. The Morgan fingerprint density at radius 1 is 1.08 bits per heavy atom. The first-order chi connectivity index (χ1) is 11.5. The minimum absolute atomic E-state index is 0.104. The zero-order valence-corrected chi connectivity index (χ0v) is 15.1. The van der Waals surface area contributed by atoms with Gasteiger partial charge in [0.2, 0.25) is 10.0 Å². The molecule has 7 heteroatoms. The molecule has 24 heavy (non-hydrogen) atoms. The maximum Gasteiger partial charge on any atom is 0.244 e. The fourth-order valence-corrected chi connectivity index (χ4v) is 4.35. The summed E-state index contributed by atoms with van der Waals surface area (Å²) < 4.78 is 32.9. The molecule has 1 saturated heterocycles. The van der Waals surface area contributed by atoms with Crippen molar-refractivity contribution in [1.29, 1.82) is 5.26 Å². The molecule has 0 radical (unpaired) electrons. The largest absolute Gasteiger partial charge is 0.377 e. The Labute approximate surface area is 149 Å². The molecular weight excluding hydrogens is 392 g/mol. The third-order valence-electron chi connectivity index (χ3n) is 3.87. The number of nitrogens with zero attached hydrogens (tertiary/aromatic N) is 2. The first kappa shape index (κ1) is 17.1. The molecule has 3 rings (SSSR count). The molecule has 1 heterocycles. The van der Waals surface area contributed by atoms with Gasteiger partial charge in [-0.05, 0) is 35.4 Å². The summed E-state index contributed by atoms with van der Waals surface area (Å²) in [6, 6.07) is 15.7. The van der Waals surface area contributed by atoms with Gasteiger partial charge in [-0.2, -0.15) is 9.57 Å². The fourth-order valence-electron chi connectivity index (χ4n) is 2.57. The number of rotatable bonds is 3. The number of sulfonamides is 1. The molecule has 2 aromatic rings. The van der Waals surface area contributed by atoms with E-state index in [0.717, 1.165) is 15.6 Å². The lowest BCUT2D eigenvalue weighted by Crippen LogP contribution is -2.47. The molecule has 0 aliphatic carbocycles. The van der Waals surface area contributed by atoms with Gasteiger partial charge in [0.1, 0.15) is 6.04 Å². The smallest absolute Gasteiger partial charge is 0.244 e. The predicted octanol–water partition coefficient (Wildman–Crippen LogP) is 3.03. The normalized spacial score (nSPS) is 18.9. The lowest BCUT2D eigenvalue weighted by Gasteiger charge is -2.30. The lowest BCUT2D eigenvalue weighted by molar-refractivity contribution is 0.0511. The van der Waals surface area contributed by atoms with Crippen LogP contribution in [0.3, 0.4) is 0 Å². The van der Waals surface area contributed by atoms with E-state index in [9.17, 15) is 8.42 Å². The van der Waals surface area contributed by atoms with Gasteiger partial charge in [-0.1, -0.05) is 40.2 Å². The van der Waals surface area contributed by atoms with Gasteiger partial charge < -0.3 is 4.74 Å². The van der Waals surface area contributed by atoms with Crippen LogP contribution in [0.5, 0.6) is 0 Å². The van der Waals surface area contributed by atoms with Crippen molar-refractivity contribution in [2.75, 3.05) is 19.8 Å². The maximum absolute atomic E-state index is 12.8. The monoisotopic (exact) mass is 406 g/mol. The van der Waals surface area contributed by atoms with Crippen LogP contribution in [-0.2, 0) is 14.8 Å². The van der Waals surface area contributed by atoms with Crippen molar-refractivity contribution in [3.05, 3.63) is 53.0 Å². The topological polar surface area (TPSA) is 70.4 Å². The first-order valence-electron chi connectivity index (χ1n) is 7.37. The number of hydrogen-bond acceptors (Lipinski definition) is 4. The van der Waals surface area contributed by atoms with Crippen LogP contribution in [0, 0.1) is 11.3 Å². The van der Waals surface area contributed by atoms with Crippen molar-refractivity contribution in [3.63, 3.8) is 0 Å². The van der Waals surface area contributed by atoms with Gasteiger partial charge in [-0.25, -0.2) is 8.42 Å². The van der Waals surface area contributed by atoms with Crippen LogP contribution in [0.15, 0.2) is 57.9 Å². The van der Waals surface area contributed by atoms with Crippen LogP contribution >= 0.6 is 15.9 Å². The van der Waals surface area contributed by atoms with Crippen LogP contribution in [0.25, 0.3) is 11.1 Å². The standard InChI is InChI=1S/C17H15BrN2O3S/c18-15-5-1-13(2-6-15)14-3-7-17(8-4-14)24(21,22)20-9-10-23-12-16(20)11-19/h1-8,16H,9-10,12H2. The molecule has 0 aromatic heterocycles. The van der Waals surface area contributed by atoms with Gasteiger partial charge in [0.15, 0.2) is 0 Å². The summed E-state index contributed by atoms with van der Waals surface area (Å²) >= 11 is 3.39. The minimum atomic E-state index is -3.71. The summed E-state index contributed by atoms with van der Waals surface area (Å²) in [7, 11) is -3.71. The second-order valence-corrected chi connectivity index (χ2v) is 8.17. The quantitative estimate of drug-likeness (QED) is 0.785. The highest BCUT2D eigenvalue weighted by atomic mass is 79.9. The number of benzene rings is 2. The Bertz CT molecular complexity index is 858. The second-order valence-electron chi connectivity index (χ2n) is 5.37. The number of morpholine rings is 1. The fraction of sp³-hybridized carbons (Fsp3) is 0.235. The van der Waals surface area contributed by atoms with Crippen LogP contribution in [0.2, 0.25) is 0 Å². The SMILES string of the molecule is N#CC1COCCN1S(=O)(=O)c1ccc(-c2ccc(Br)cc2)cc1. The van der Waals surface area contributed by atoms with Crippen LogP contribution < -0.4 is 0 Å². The molecule has 1 aliphatic heterocycles. The van der Waals surface area contributed by atoms with E-state index in [2.05, 4.69) is 15.9 Å². The zero-order valence-electron chi connectivity index (χ0n) is 12.7. The van der Waals surface area contributed by atoms with Crippen molar-refractivity contribution in [2.45, 2.75) is 10.9 Å². The van der Waals surface area contributed by atoms with E-state index in [1.807, 2.05) is 30.3 Å².